The molecule has 3 aromatic rings. The number of hydrogen-bond acceptors (Lipinski definition) is 5. The van der Waals surface area contributed by atoms with Crippen LogP contribution in [0.25, 0.3) is 10.9 Å². The topological polar surface area (TPSA) is 56.3 Å². The maximum absolute atomic E-state index is 13.6. The van der Waals surface area contributed by atoms with Crippen LogP contribution in [0.2, 0.25) is 0 Å². The first kappa shape index (κ1) is 17.7. The minimum atomic E-state index is -4.66. The Morgan fingerprint density at radius 2 is 1.62 bits per heavy atom. The van der Waals surface area contributed by atoms with E-state index in [1.54, 1.807) is 12.1 Å². The summed E-state index contributed by atoms with van der Waals surface area (Å²) in [5.74, 6) is 0.0254. The third-order valence-corrected chi connectivity index (χ3v) is 3.63. The number of methoxy groups -OCH3 is 2. The van der Waals surface area contributed by atoms with Crippen LogP contribution in [0, 0.1) is 5.82 Å². The molecule has 1 aromatic heterocycles. The molecule has 2 aromatic carbocycles. The van der Waals surface area contributed by atoms with Gasteiger partial charge in [-0.3, -0.25) is 0 Å². The zero-order chi connectivity index (χ0) is 18.9. The highest BCUT2D eigenvalue weighted by atomic mass is 19.4. The molecule has 0 aliphatic carbocycles. The number of fused-ring (bicyclic) bond motifs is 1. The van der Waals surface area contributed by atoms with Gasteiger partial charge in [0.1, 0.15) is 18.0 Å². The van der Waals surface area contributed by atoms with Crippen molar-refractivity contribution in [2.24, 2.45) is 0 Å². The number of alkyl halides is 3. The second-order valence-electron chi connectivity index (χ2n) is 5.30. The lowest BCUT2D eigenvalue weighted by Gasteiger charge is -2.13. The van der Waals surface area contributed by atoms with Crippen LogP contribution < -0.4 is 14.8 Å². The normalized spacial score (nSPS) is 11.5. The van der Waals surface area contributed by atoms with Crippen LogP contribution in [-0.4, -0.2) is 24.2 Å². The molecule has 0 saturated carbocycles. The molecule has 26 heavy (non-hydrogen) atoms. The van der Waals surface area contributed by atoms with Crippen LogP contribution >= 0.6 is 0 Å². The molecule has 3 rings (SSSR count). The van der Waals surface area contributed by atoms with E-state index >= 15 is 0 Å². The molecule has 136 valence electrons. The molecule has 0 saturated heterocycles. The number of hydrogen-bond donors (Lipinski definition) is 1. The molecule has 0 aliphatic heterocycles. The first-order valence-electron chi connectivity index (χ1n) is 7.33. The predicted molar refractivity (Wildman–Crippen MR) is 87.3 cm³/mol. The quantitative estimate of drug-likeness (QED) is 0.687. The molecule has 5 nitrogen and oxygen atoms in total. The number of halogens is 4. The molecular formula is C17H13F4N3O2. The van der Waals surface area contributed by atoms with Crippen LogP contribution in [0.15, 0.2) is 36.7 Å². The summed E-state index contributed by atoms with van der Waals surface area (Å²) in [6.45, 7) is 0. The molecule has 0 bridgehead atoms. The van der Waals surface area contributed by atoms with Crippen molar-refractivity contribution in [2.75, 3.05) is 19.5 Å². The van der Waals surface area contributed by atoms with Gasteiger partial charge in [0.2, 0.25) is 0 Å². The van der Waals surface area contributed by atoms with Gasteiger partial charge in [0.05, 0.1) is 25.3 Å². The molecule has 1 N–H and O–H groups in total. The van der Waals surface area contributed by atoms with Gasteiger partial charge >= 0.3 is 6.18 Å². The fraction of sp³-hybridized carbons (Fsp3) is 0.176. The van der Waals surface area contributed by atoms with Crippen molar-refractivity contribution in [3.63, 3.8) is 0 Å². The summed E-state index contributed by atoms with van der Waals surface area (Å²) < 4.78 is 62.6. The van der Waals surface area contributed by atoms with Gasteiger partial charge in [-0.1, -0.05) is 0 Å². The molecule has 0 aliphatic rings. The maximum Gasteiger partial charge on any atom is 0.416 e. The molecule has 0 atom stereocenters. The molecular weight excluding hydrogens is 353 g/mol. The molecule has 0 fully saturated rings. The molecule has 1 heterocycles. The average molecular weight is 366 g/mol. The highest BCUT2D eigenvalue weighted by Gasteiger charge is 2.31. The Morgan fingerprint density at radius 3 is 2.27 bits per heavy atom. The lowest BCUT2D eigenvalue weighted by molar-refractivity contribution is -0.137. The largest absolute Gasteiger partial charge is 0.493 e. The van der Waals surface area contributed by atoms with Gasteiger partial charge < -0.3 is 14.8 Å². The molecule has 0 radical (unpaired) electrons. The van der Waals surface area contributed by atoms with Crippen molar-refractivity contribution < 1.29 is 27.0 Å². The minimum absolute atomic E-state index is 0.0906. The number of ether oxygens (including phenoxy) is 2. The van der Waals surface area contributed by atoms with E-state index < -0.39 is 17.6 Å². The highest BCUT2D eigenvalue weighted by Crippen LogP contribution is 2.36. The number of benzene rings is 2. The van der Waals surface area contributed by atoms with Gasteiger partial charge in [-0.25, -0.2) is 14.4 Å². The highest BCUT2D eigenvalue weighted by molar-refractivity contribution is 5.93. The summed E-state index contributed by atoms with van der Waals surface area (Å²) in [5.41, 5.74) is -0.711. The first-order chi connectivity index (χ1) is 12.3. The zero-order valence-corrected chi connectivity index (χ0v) is 13.7. The Labute approximate surface area is 145 Å². The van der Waals surface area contributed by atoms with E-state index in [0.29, 0.717) is 28.5 Å². The van der Waals surface area contributed by atoms with Crippen LogP contribution in [0.3, 0.4) is 0 Å². The number of anilines is 2. The Kier molecular flexibility index (Phi) is 4.54. The molecule has 0 spiro atoms. The van der Waals surface area contributed by atoms with E-state index in [1.165, 1.54) is 20.5 Å². The fourth-order valence-electron chi connectivity index (χ4n) is 2.44. The van der Waals surface area contributed by atoms with E-state index in [4.69, 9.17) is 9.47 Å². The Balaban J connectivity index is 2.08. The molecule has 9 heteroatoms. The number of aromatic nitrogens is 2. The minimum Gasteiger partial charge on any atom is -0.493 e. The third kappa shape index (κ3) is 3.46. The lowest BCUT2D eigenvalue weighted by atomic mass is 10.1. The van der Waals surface area contributed by atoms with Gasteiger partial charge in [-0.2, -0.15) is 13.2 Å². The van der Waals surface area contributed by atoms with Crippen molar-refractivity contribution in [1.82, 2.24) is 9.97 Å². The van der Waals surface area contributed by atoms with Gasteiger partial charge in [0, 0.05) is 17.1 Å². The van der Waals surface area contributed by atoms with Crippen molar-refractivity contribution >= 4 is 22.4 Å². The predicted octanol–water partition coefficient (Wildman–Crippen LogP) is 4.55. The van der Waals surface area contributed by atoms with Crippen LogP contribution in [0.1, 0.15) is 5.56 Å². The average Bonchev–Trinajstić information content (AvgIpc) is 2.59. The fourth-order valence-corrected chi connectivity index (χ4v) is 2.44. The van der Waals surface area contributed by atoms with Crippen LogP contribution in [0.5, 0.6) is 11.5 Å². The Morgan fingerprint density at radius 1 is 0.923 bits per heavy atom. The van der Waals surface area contributed by atoms with Crippen molar-refractivity contribution in [3.8, 4) is 11.5 Å². The zero-order valence-electron chi connectivity index (χ0n) is 13.7. The Hall–Kier alpha value is -3.10. The number of rotatable bonds is 4. The van der Waals surface area contributed by atoms with E-state index in [9.17, 15) is 17.6 Å². The number of nitrogens with one attached hydrogen (secondary N) is 1. The van der Waals surface area contributed by atoms with Gasteiger partial charge in [0.25, 0.3) is 0 Å². The van der Waals surface area contributed by atoms with Crippen LogP contribution in [0.4, 0.5) is 29.1 Å². The SMILES string of the molecule is COc1cc2ncnc(Nc3cc([18F])cc(C(F)(F)F)c3)c2cc1OC. The molecule has 0 unspecified atom stereocenters. The van der Waals surface area contributed by atoms with Gasteiger partial charge in [0.15, 0.2) is 11.5 Å². The summed E-state index contributed by atoms with van der Waals surface area (Å²) in [5, 5.41) is 3.18. The van der Waals surface area contributed by atoms with Crippen molar-refractivity contribution in [2.45, 2.75) is 6.18 Å². The van der Waals surface area contributed by atoms with Crippen molar-refractivity contribution in [3.05, 3.63) is 48.0 Å². The van der Waals surface area contributed by atoms with Crippen molar-refractivity contribution in [1.29, 1.82) is 0 Å². The summed E-state index contributed by atoms with van der Waals surface area (Å²) in [6, 6.07) is 5.37. The standard InChI is InChI=1S/C17H13F4N3O2/c1-25-14-6-12-13(7-15(14)26-2)22-8-23-16(12)24-11-4-9(17(19,20)21)3-10(18)5-11/h3-8H,1-2H3,(H,22,23,24)/i18-1. The molecule has 0 amide bonds. The van der Waals surface area contributed by atoms with E-state index in [2.05, 4.69) is 15.3 Å². The second kappa shape index (κ2) is 6.66. The van der Waals surface area contributed by atoms with E-state index in [1.807, 2.05) is 0 Å². The van der Waals surface area contributed by atoms with Crippen LogP contribution in [-0.2, 0) is 6.18 Å². The Bertz CT molecular complexity index is 961. The lowest BCUT2D eigenvalue weighted by Crippen LogP contribution is -2.06. The van der Waals surface area contributed by atoms with E-state index in [0.717, 1.165) is 12.1 Å². The summed E-state index contributed by atoms with van der Waals surface area (Å²) in [6.07, 6.45) is -3.43. The first-order valence-corrected chi connectivity index (χ1v) is 7.33. The van der Waals surface area contributed by atoms with Gasteiger partial charge in [-0.05, 0) is 24.3 Å². The number of nitrogens with zero attached hydrogens (tertiary/aromatic N) is 2. The summed E-state index contributed by atoms with van der Waals surface area (Å²) in [4.78, 5) is 8.13. The summed E-state index contributed by atoms with van der Waals surface area (Å²) in [7, 11) is 2.91. The van der Waals surface area contributed by atoms with E-state index in [-0.39, 0.29) is 11.5 Å². The second-order valence-corrected chi connectivity index (χ2v) is 5.30. The maximum atomic E-state index is 13.6. The third-order valence-electron chi connectivity index (χ3n) is 3.63. The smallest absolute Gasteiger partial charge is 0.416 e. The van der Waals surface area contributed by atoms with Gasteiger partial charge in [-0.15, -0.1) is 0 Å². The summed E-state index contributed by atoms with van der Waals surface area (Å²) >= 11 is 0. The monoisotopic (exact) mass is 366 g/mol.